The third-order valence-electron chi connectivity index (χ3n) is 5.00. The Hall–Kier alpha value is -2.90. The lowest BCUT2D eigenvalue weighted by Crippen LogP contribution is -2.25. The van der Waals surface area contributed by atoms with Crippen LogP contribution in [-0.2, 0) is 29.3 Å². The van der Waals surface area contributed by atoms with Gasteiger partial charge in [-0.15, -0.1) is 0 Å². The van der Waals surface area contributed by atoms with Crippen LogP contribution in [0.3, 0.4) is 0 Å². The van der Waals surface area contributed by atoms with Crippen LogP contribution in [0.2, 0.25) is 5.28 Å². The average molecular weight is 488 g/mol. The fraction of sp³-hybridized carbons (Fsp3) is 0.278. The molecule has 4 N–H and O–H groups in total. The summed E-state index contributed by atoms with van der Waals surface area (Å²) in [5.74, 6) is 0.230. The van der Waals surface area contributed by atoms with E-state index in [-0.39, 0.29) is 40.3 Å². The standard InChI is InChI=1S/C18H17ClF3N7O2S/c1-9(10-2-11(18(20,21)22)4-12(23)3-10)26-16-14-7-29(8-15(14)27-17(19)28-16)32(30,31)13-5-24-25-6-13/h2-6,9H,7-8,23H2,1H3,(H,24,25)(H,26,27,28)/t9-/m1/s1. The minimum atomic E-state index is -4.55. The van der Waals surface area contributed by atoms with Crippen molar-refractivity contribution in [2.24, 2.45) is 0 Å². The number of hydrogen-bond donors (Lipinski definition) is 3. The number of H-pyrrole nitrogens is 1. The first-order valence-electron chi connectivity index (χ1n) is 9.23. The Morgan fingerprint density at radius 2 is 2.00 bits per heavy atom. The molecule has 0 saturated heterocycles. The van der Waals surface area contributed by atoms with Gasteiger partial charge in [0.2, 0.25) is 15.3 Å². The molecule has 1 aliphatic heterocycles. The fourth-order valence-corrected chi connectivity index (χ4v) is 4.86. The van der Waals surface area contributed by atoms with Crippen LogP contribution in [-0.4, -0.2) is 32.9 Å². The van der Waals surface area contributed by atoms with Gasteiger partial charge in [0.05, 0.1) is 30.0 Å². The van der Waals surface area contributed by atoms with E-state index in [9.17, 15) is 21.6 Å². The lowest BCUT2D eigenvalue weighted by Gasteiger charge is -2.19. The summed E-state index contributed by atoms with van der Waals surface area (Å²) in [6.07, 6.45) is -2.10. The monoisotopic (exact) mass is 487 g/mol. The van der Waals surface area contributed by atoms with Gasteiger partial charge in [0.1, 0.15) is 10.7 Å². The smallest absolute Gasteiger partial charge is 0.399 e. The molecule has 0 unspecified atom stereocenters. The maximum Gasteiger partial charge on any atom is 0.416 e. The van der Waals surface area contributed by atoms with Crippen molar-refractivity contribution in [3.8, 4) is 0 Å². The van der Waals surface area contributed by atoms with Gasteiger partial charge in [0.25, 0.3) is 0 Å². The first-order chi connectivity index (χ1) is 14.9. The fourth-order valence-electron chi connectivity index (χ4n) is 3.39. The van der Waals surface area contributed by atoms with E-state index in [2.05, 4.69) is 25.5 Å². The Bertz CT molecular complexity index is 1270. The zero-order valence-electron chi connectivity index (χ0n) is 16.5. The third kappa shape index (κ3) is 4.23. The van der Waals surface area contributed by atoms with Crippen LogP contribution < -0.4 is 11.1 Å². The van der Waals surface area contributed by atoms with E-state index in [1.807, 2.05) is 0 Å². The quantitative estimate of drug-likeness (QED) is 0.371. The number of halogens is 4. The minimum Gasteiger partial charge on any atom is -0.399 e. The van der Waals surface area contributed by atoms with Crippen LogP contribution in [0.25, 0.3) is 0 Å². The van der Waals surface area contributed by atoms with Crippen LogP contribution in [0, 0.1) is 0 Å². The molecule has 170 valence electrons. The highest BCUT2D eigenvalue weighted by Gasteiger charge is 2.35. The molecular formula is C18H17ClF3N7O2S. The van der Waals surface area contributed by atoms with Crippen LogP contribution in [0.4, 0.5) is 24.7 Å². The van der Waals surface area contributed by atoms with Gasteiger partial charge < -0.3 is 11.1 Å². The lowest BCUT2D eigenvalue weighted by molar-refractivity contribution is -0.137. The maximum absolute atomic E-state index is 13.2. The van der Waals surface area contributed by atoms with Crippen LogP contribution in [0.15, 0.2) is 35.5 Å². The highest BCUT2D eigenvalue weighted by Crippen LogP contribution is 2.36. The highest BCUT2D eigenvalue weighted by atomic mass is 35.5. The van der Waals surface area contributed by atoms with Gasteiger partial charge in [-0.3, -0.25) is 5.10 Å². The lowest BCUT2D eigenvalue weighted by atomic mass is 10.0. The van der Waals surface area contributed by atoms with Crippen LogP contribution in [0.5, 0.6) is 0 Å². The zero-order valence-corrected chi connectivity index (χ0v) is 18.1. The predicted octanol–water partition coefficient (Wildman–Crippen LogP) is 3.33. The molecule has 0 saturated carbocycles. The number of nitrogens with one attached hydrogen (secondary N) is 2. The summed E-state index contributed by atoms with van der Waals surface area (Å²) < 4.78 is 66.3. The van der Waals surface area contributed by atoms with E-state index in [1.54, 1.807) is 6.92 Å². The van der Waals surface area contributed by atoms with Gasteiger partial charge in [-0.1, -0.05) is 0 Å². The molecule has 0 bridgehead atoms. The summed E-state index contributed by atoms with van der Waals surface area (Å²) in [7, 11) is -3.84. The van der Waals surface area contributed by atoms with Crippen molar-refractivity contribution in [2.75, 3.05) is 11.1 Å². The molecule has 1 atom stereocenters. The van der Waals surface area contributed by atoms with Crippen LogP contribution in [0.1, 0.15) is 35.3 Å². The molecule has 4 rings (SSSR count). The van der Waals surface area contributed by atoms with E-state index in [1.165, 1.54) is 22.8 Å². The van der Waals surface area contributed by atoms with Gasteiger partial charge in [-0.25, -0.2) is 18.4 Å². The van der Waals surface area contributed by atoms with Gasteiger partial charge in [0, 0.05) is 24.0 Å². The molecule has 9 nitrogen and oxygen atoms in total. The summed E-state index contributed by atoms with van der Waals surface area (Å²) in [5, 5.41) is 9.01. The second-order valence-corrected chi connectivity index (χ2v) is 9.50. The van der Waals surface area contributed by atoms with Crippen LogP contribution >= 0.6 is 11.6 Å². The summed E-state index contributed by atoms with van der Waals surface area (Å²) in [5.41, 5.74) is 5.91. The number of nitrogens with zero attached hydrogens (tertiary/aromatic N) is 4. The normalized spacial score (nSPS) is 15.5. The molecule has 2 aromatic heterocycles. The Labute approximate surface area is 185 Å². The van der Waals surface area contributed by atoms with E-state index in [4.69, 9.17) is 17.3 Å². The number of nitrogens with two attached hydrogens (primary N) is 1. The minimum absolute atomic E-state index is 0.00770. The van der Waals surface area contributed by atoms with Gasteiger partial charge in [0.15, 0.2) is 0 Å². The van der Waals surface area contributed by atoms with E-state index in [0.29, 0.717) is 11.3 Å². The van der Waals surface area contributed by atoms with E-state index >= 15 is 0 Å². The molecule has 14 heteroatoms. The Morgan fingerprint density at radius 3 is 2.66 bits per heavy atom. The molecule has 0 spiro atoms. The van der Waals surface area contributed by atoms with Crippen molar-refractivity contribution >= 4 is 33.1 Å². The summed E-state index contributed by atoms with van der Waals surface area (Å²) in [6.45, 7) is 1.55. The number of alkyl halides is 3. The SMILES string of the molecule is C[C@@H](Nc1nc(Cl)nc2c1CN(S(=O)(=O)c1cn[nH]c1)C2)c1cc(N)cc(C(F)(F)F)c1. The molecule has 1 aliphatic rings. The Morgan fingerprint density at radius 1 is 1.25 bits per heavy atom. The van der Waals surface area contributed by atoms with Crippen molar-refractivity contribution in [3.63, 3.8) is 0 Å². The van der Waals surface area contributed by atoms with E-state index in [0.717, 1.165) is 12.1 Å². The predicted molar refractivity (Wildman–Crippen MR) is 110 cm³/mol. The van der Waals surface area contributed by atoms with Gasteiger partial charge in [-0.05, 0) is 42.3 Å². The number of anilines is 2. The first kappa shape index (κ1) is 22.3. The number of fused-ring (bicyclic) bond motifs is 1. The molecule has 3 aromatic rings. The molecule has 0 fully saturated rings. The number of hydrogen-bond acceptors (Lipinski definition) is 7. The number of nitrogen functional groups attached to an aromatic ring is 1. The molecule has 0 amide bonds. The van der Waals surface area contributed by atoms with Crippen molar-refractivity contribution in [3.05, 3.63) is 58.3 Å². The van der Waals surface area contributed by atoms with Crippen molar-refractivity contribution < 1.29 is 21.6 Å². The average Bonchev–Trinajstić information content (AvgIpc) is 3.37. The molecular weight excluding hydrogens is 471 g/mol. The topological polar surface area (TPSA) is 130 Å². The van der Waals surface area contributed by atoms with Crippen molar-refractivity contribution in [1.29, 1.82) is 0 Å². The zero-order chi connectivity index (χ0) is 23.3. The first-order valence-corrected chi connectivity index (χ1v) is 11.1. The molecule has 1 aromatic carbocycles. The molecule has 3 heterocycles. The number of aromatic amines is 1. The Balaban J connectivity index is 1.64. The highest BCUT2D eigenvalue weighted by molar-refractivity contribution is 7.89. The molecule has 32 heavy (non-hydrogen) atoms. The third-order valence-corrected chi connectivity index (χ3v) is 6.92. The van der Waals surface area contributed by atoms with E-state index < -0.39 is 27.8 Å². The molecule has 0 aliphatic carbocycles. The summed E-state index contributed by atoms with van der Waals surface area (Å²) in [6, 6.07) is 2.63. The second kappa shape index (κ2) is 7.90. The maximum atomic E-state index is 13.2. The second-order valence-electron chi connectivity index (χ2n) is 7.23. The number of aromatic nitrogens is 4. The summed E-state index contributed by atoms with van der Waals surface area (Å²) in [4.78, 5) is 8.24. The number of sulfonamides is 1. The van der Waals surface area contributed by atoms with Gasteiger partial charge >= 0.3 is 6.18 Å². The van der Waals surface area contributed by atoms with Gasteiger partial charge in [-0.2, -0.15) is 22.6 Å². The Kier molecular flexibility index (Phi) is 5.51. The number of benzene rings is 1. The van der Waals surface area contributed by atoms with Crippen molar-refractivity contribution in [1.82, 2.24) is 24.5 Å². The largest absolute Gasteiger partial charge is 0.416 e. The number of rotatable bonds is 5. The summed E-state index contributed by atoms with van der Waals surface area (Å²) >= 11 is 6.02. The molecule has 0 radical (unpaired) electrons. The van der Waals surface area contributed by atoms with Crippen molar-refractivity contribution in [2.45, 2.75) is 37.1 Å².